The van der Waals surface area contributed by atoms with Gasteiger partial charge in [-0.15, -0.1) is 0 Å². The Bertz CT molecular complexity index is 515. The summed E-state index contributed by atoms with van der Waals surface area (Å²) in [5, 5.41) is 6.63. The highest BCUT2D eigenvalue weighted by atomic mass is 16.1. The summed E-state index contributed by atoms with van der Waals surface area (Å²) in [5.41, 5.74) is 3.12. The SMILES string of the molecule is CCN1CCCC(NC(=O)c2cccc3c2NCCC3)C1. The maximum atomic E-state index is 12.6. The minimum absolute atomic E-state index is 0.0733. The Morgan fingerprint density at radius 1 is 1.43 bits per heavy atom. The number of nitrogens with one attached hydrogen (secondary N) is 2. The number of nitrogens with zero attached hydrogens (tertiary/aromatic N) is 1. The van der Waals surface area contributed by atoms with Gasteiger partial charge in [-0.05, 0) is 50.4 Å². The molecule has 2 aliphatic heterocycles. The van der Waals surface area contributed by atoms with E-state index in [-0.39, 0.29) is 11.9 Å². The van der Waals surface area contributed by atoms with Crippen molar-refractivity contribution in [3.05, 3.63) is 29.3 Å². The predicted molar refractivity (Wildman–Crippen MR) is 85.9 cm³/mol. The van der Waals surface area contributed by atoms with Gasteiger partial charge in [-0.25, -0.2) is 0 Å². The van der Waals surface area contributed by atoms with Crippen molar-refractivity contribution >= 4 is 11.6 Å². The summed E-state index contributed by atoms with van der Waals surface area (Å²) < 4.78 is 0. The lowest BCUT2D eigenvalue weighted by Crippen LogP contribution is -2.47. The van der Waals surface area contributed by atoms with Crippen LogP contribution in [0.4, 0.5) is 5.69 Å². The molecule has 21 heavy (non-hydrogen) atoms. The van der Waals surface area contributed by atoms with Crippen LogP contribution in [0, 0.1) is 0 Å². The standard InChI is InChI=1S/C17H25N3O/c1-2-20-11-5-8-14(12-20)19-17(21)15-9-3-6-13-7-4-10-18-16(13)15/h3,6,9,14,18H,2,4-5,7-8,10-12H2,1H3,(H,19,21). The second-order valence-corrected chi connectivity index (χ2v) is 6.08. The third-order valence-electron chi connectivity index (χ3n) is 4.61. The Morgan fingerprint density at radius 3 is 3.19 bits per heavy atom. The summed E-state index contributed by atoms with van der Waals surface area (Å²) >= 11 is 0. The highest BCUT2D eigenvalue weighted by molar-refractivity contribution is 6.00. The van der Waals surface area contributed by atoms with Crippen LogP contribution in [0.3, 0.4) is 0 Å². The van der Waals surface area contributed by atoms with Crippen molar-refractivity contribution < 1.29 is 4.79 Å². The Labute approximate surface area is 126 Å². The fourth-order valence-corrected chi connectivity index (χ4v) is 3.42. The molecule has 1 amide bonds. The third kappa shape index (κ3) is 3.21. The van der Waals surface area contributed by atoms with E-state index in [1.807, 2.05) is 12.1 Å². The van der Waals surface area contributed by atoms with Gasteiger partial charge in [0.2, 0.25) is 0 Å². The van der Waals surface area contributed by atoms with Crippen LogP contribution in [0.1, 0.15) is 42.1 Å². The quantitative estimate of drug-likeness (QED) is 0.896. The molecule has 4 heteroatoms. The van der Waals surface area contributed by atoms with Gasteiger partial charge in [0.05, 0.1) is 11.3 Å². The van der Waals surface area contributed by atoms with E-state index in [2.05, 4.69) is 28.5 Å². The summed E-state index contributed by atoms with van der Waals surface area (Å²) in [6.07, 6.45) is 4.47. The predicted octanol–water partition coefficient (Wildman–Crippen LogP) is 2.26. The molecule has 114 valence electrons. The molecule has 0 bridgehead atoms. The molecule has 0 aliphatic carbocycles. The van der Waals surface area contributed by atoms with E-state index in [1.165, 1.54) is 12.0 Å². The summed E-state index contributed by atoms with van der Waals surface area (Å²) in [4.78, 5) is 15.0. The molecular formula is C17H25N3O. The Hall–Kier alpha value is -1.55. The average molecular weight is 287 g/mol. The van der Waals surface area contributed by atoms with E-state index in [0.29, 0.717) is 0 Å². The van der Waals surface area contributed by atoms with Gasteiger partial charge in [-0.1, -0.05) is 19.1 Å². The molecule has 2 N–H and O–H groups in total. The van der Waals surface area contributed by atoms with Gasteiger partial charge in [0.15, 0.2) is 0 Å². The lowest BCUT2D eigenvalue weighted by molar-refractivity contribution is 0.0906. The molecule has 0 spiro atoms. The number of likely N-dealkylation sites (tertiary alicyclic amines) is 1. The van der Waals surface area contributed by atoms with Crippen LogP contribution in [0.5, 0.6) is 0 Å². The molecule has 0 radical (unpaired) electrons. The largest absolute Gasteiger partial charge is 0.384 e. The number of carbonyl (C=O) groups excluding carboxylic acids is 1. The van der Waals surface area contributed by atoms with E-state index >= 15 is 0 Å². The average Bonchev–Trinajstić information content (AvgIpc) is 2.54. The monoisotopic (exact) mass is 287 g/mol. The van der Waals surface area contributed by atoms with Crippen molar-refractivity contribution in [2.45, 2.75) is 38.6 Å². The lowest BCUT2D eigenvalue weighted by Gasteiger charge is -2.32. The normalized spacial score (nSPS) is 22.2. The highest BCUT2D eigenvalue weighted by Gasteiger charge is 2.23. The van der Waals surface area contributed by atoms with Gasteiger partial charge in [0.25, 0.3) is 5.91 Å². The number of carbonyl (C=O) groups is 1. The van der Waals surface area contributed by atoms with Crippen LogP contribution in [-0.4, -0.2) is 43.0 Å². The molecule has 1 atom stereocenters. The maximum Gasteiger partial charge on any atom is 0.253 e. The first-order chi connectivity index (χ1) is 10.3. The van der Waals surface area contributed by atoms with Crippen molar-refractivity contribution in [3.63, 3.8) is 0 Å². The number of hydrogen-bond acceptors (Lipinski definition) is 3. The lowest BCUT2D eigenvalue weighted by atomic mass is 9.98. The van der Waals surface area contributed by atoms with Crippen LogP contribution in [0.25, 0.3) is 0 Å². The maximum absolute atomic E-state index is 12.6. The number of hydrogen-bond donors (Lipinski definition) is 2. The molecule has 1 aromatic carbocycles. The van der Waals surface area contributed by atoms with E-state index in [4.69, 9.17) is 0 Å². The minimum Gasteiger partial charge on any atom is -0.384 e. The number of anilines is 1. The summed E-state index contributed by atoms with van der Waals surface area (Å²) in [5.74, 6) is 0.0733. The van der Waals surface area contributed by atoms with Crippen molar-refractivity contribution in [3.8, 4) is 0 Å². The second-order valence-electron chi connectivity index (χ2n) is 6.08. The van der Waals surface area contributed by atoms with Gasteiger partial charge in [0, 0.05) is 19.1 Å². The molecular weight excluding hydrogens is 262 g/mol. The molecule has 3 rings (SSSR count). The fraction of sp³-hybridized carbons (Fsp3) is 0.588. The van der Waals surface area contributed by atoms with E-state index in [0.717, 1.165) is 56.7 Å². The first-order valence-electron chi connectivity index (χ1n) is 8.17. The zero-order valence-corrected chi connectivity index (χ0v) is 12.8. The van der Waals surface area contributed by atoms with E-state index in [1.54, 1.807) is 0 Å². The number of rotatable bonds is 3. The minimum atomic E-state index is 0.0733. The smallest absolute Gasteiger partial charge is 0.253 e. The van der Waals surface area contributed by atoms with Gasteiger partial charge in [-0.2, -0.15) is 0 Å². The molecule has 0 saturated carbocycles. The van der Waals surface area contributed by atoms with Crippen LogP contribution in [0.2, 0.25) is 0 Å². The molecule has 2 heterocycles. The van der Waals surface area contributed by atoms with Crippen molar-refractivity contribution in [1.82, 2.24) is 10.2 Å². The Morgan fingerprint density at radius 2 is 2.33 bits per heavy atom. The molecule has 1 unspecified atom stereocenters. The zero-order valence-electron chi connectivity index (χ0n) is 12.8. The van der Waals surface area contributed by atoms with Crippen molar-refractivity contribution in [1.29, 1.82) is 0 Å². The van der Waals surface area contributed by atoms with Crippen LogP contribution in [-0.2, 0) is 6.42 Å². The zero-order chi connectivity index (χ0) is 14.7. The number of benzene rings is 1. The molecule has 4 nitrogen and oxygen atoms in total. The van der Waals surface area contributed by atoms with Gasteiger partial charge in [0.1, 0.15) is 0 Å². The molecule has 2 aliphatic rings. The highest BCUT2D eigenvalue weighted by Crippen LogP contribution is 2.26. The van der Waals surface area contributed by atoms with Crippen LogP contribution in [0.15, 0.2) is 18.2 Å². The van der Waals surface area contributed by atoms with Gasteiger partial charge in [-0.3, -0.25) is 4.79 Å². The first kappa shape index (κ1) is 14.4. The fourth-order valence-electron chi connectivity index (χ4n) is 3.42. The summed E-state index contributed by atoms with van der Waals surface area (Å²) in [7, 11) is 0. The third-order valence-corrected chi connectivity index (χ3v) is 4.61. The Balaban J connectivity index is 1.71. The van der Waals surface area contributed by atoms with Gasteiger partial charge >= 0.3 is 0 Å². The number of para-hydroxylation sites is 1. The number of fused-ring (bicyclic) bond motifs is 1. The van der Waals surface area contributed by atoms with Crippen molar-refractivity contribution in [2.75, 3.05) is 31.5 Å². The Kier molecular flexibility index (Phi) is 4.44. The summed E-state index contributed by atoms with van der Waals surface area (Å²) in [6, 6.07) is 6.34. The number of piperidine rings is 1. The molecule has 1 fully saturated rings. The van der Waals surface area contributed by atoms with Crippen molar-refractivity contribution in [2.24, 2.45) is 0 Å². The molecule has 1 aromatic rings. The van der Waals surface area contributed by atoms with Gasteiger partial charge < -0.3 is 15.5 Å². The van der Waals surface area contributed by atoms with E-state index in [9.17, 15) is 4.79 Å². The number of aryl methyl sites for hydroxylation is 1. The van der Waals surface area contributed by atoms with Crippen LogP contribution >= 0.6 is 0 Å². The summed E-state index contributed by atoms with van der Waals surface area (Å²) in [6.45, 7) is 6.34. The second kappa shape index (κ2) is 6.48. The molecule has 0 aromatic heterocycles. The topological polar surface area (TPSA) is 44.4 Å². The van der Waals surface area contributed by atoms with E-state index < -0.39 is 0 Å². The first-order valence-corrected chi connectivity index (χ1v) is 8.17. The molecule has 1 saturated heterocycles. The number of likely N-dealkylation sites (N-methyl/N-ethyl adjacent to an activating group) is 1. The number of amides is 1. The van der Waals surface area contributed by atoms with Crippen LogP contribution < -0.4 is 10.6 Å².